The first-order valence-corrected chi connectivity index (χ1v) is 13.7. The van der Waals surface area contributed by atoms with E-state index >= 15 is 0 Å². The van der Waals surface area contributed by atoms with Gasteiger partial charge in [0.15, 0.2) is 0 Å². The van der Waals surface area contributed by atoms with E-state index in [9.17, 15) is 9.59 Å². The first kappa shape index (κ1) is 28.5. The number of amides is 2. The second-order valence-corrected chi connectivity index (χ2v) is 10.9. The highest BCUT2D eigenvalue weighted by atomic mass is 35.5. The monoisotopic (exact) mass is 562 g/mol. The van der Waals surface area contributed by atoms with Crippen molar-refractivity contribution in [3.05, 3.63) is 58.1 Å². The number of hydrogen-bond acceptors (Lipinski definition) is 6. The number of halogens is 2. The van der Waals surface area contributed by atoms with Gasteiger partial charge in [0.05, 0.1) is 29.4 Å². The summed E-state index contributed by atoms with van der Waals surface area (Å²) in [5.74, 6) is 0.433. The highest BCUT2D eigenvalue weighted by Crippen LogP contribution is 2.39. The Kier molecular flexibility index (Phi) is 9.08. The van der Waals surface area contributed by atoms with Crippen LogP contribution in [0.5, 0.6) is 5.75 Å². The topological polar surface area (TPSA) is 97.1 Å². The number of nitrogens with one attached hydrogen (secondary N) is 1. The Hall–Kier alpha value is -2.52. The molecule has 3 N–H and O–H groups in total. The lowest BCUT2D eigenvalue weighted by Gasteiger charge is -2.43. The van der Waals surface area contributed by atoms with Crippen molar-refractivity contribution >= 4 is 40.7 Å². The SMILES string of the molecule is COc1cccc(NC2(C(N)=O)CCN(CCOC3(c4ccc(Cl)c(Cl)c4)CCN(C(C)=O)CC3)CC2)c1. The van der Waals surface area contributed by atoms with Crippen LogP contribution in [0, 0.1) is 0 Å². The van der Waals surface area contributed by atoms with Gasteiger partial charge in [-0.05, 0) is 55.5 Å². The van der Waals surface area contributed by atoms with Crippen molar-refractivity contribution in [3.63, 3.8) is 0 Å². The fourth-order valence-corrected chi connectivity index (χ4v) is 5.72. The molecule has 0 spiro atoms. The molecule has 0 saturated carbocycles. The second-order valence-electron chi connectivity index (χ2n) is 10.1. The Morgan fingerprint density at radius 1 is 1.00 bits per heavy atom. The highest BCUT2D eigenvalue weighted by molar-refractivity contribution is 6.42. The fourth-order valence-electron chi connectivity index (χ4n) is 5.42. The number of carbonyl (C=O) groups excluding carboxylic acids is 2. The van der Waals surface area contributed by atoms with Crippen LogP contribution in [0.2, 0.25) is 10.0 Å². The molecule has 2 aliphatic rings. The average molecular weight is 564 g/mol. The molecule has 4 rings (SSSR count). The minimum Gasteiger partial charge on any atom is -0.497 e. The van der Waals surface area contributed by atoms with E-state index in [1.807, 2.05) is 41.3 Å². The summed E-state index contributed by atoms with van der Waals surface area (Å²) in [6, 6.07) is 13.2. The summed E-state index contributed by atoms with van der Waals surface area (Å²) >= 11 is 12.5. The van der Waals surface area contributed by atoms with Crippen LogP contribution in [-0.4, -0.2) is 73.6 Å². The van der Waals surface area contributed by atoms with E-state index in [0.717, 1.165) is 11.3 Å². The van der Waals surface area contributed by atoms with E-state index < -0.39 is 11.1 Å². The maximum atomic E-state index is 12.5. The Morgan fingerprint density at radius 3 is 2.32 bits per heavy atom. The molecule has 10 heteroatoms. The summed E-state index contributed by atoms with van der Waals surface area (Å²) in [6.45, 7) is 5.48. The van der Waals surface area contributed by atoms with Gasteiger partial charge in [-0.2, -0.15) is 0 Å². The zero-order valence-electron chi connectivity index (χ0n) is 22.0. The molecule has 2 aromatic carbocycles. The average Bonchev–Trinajstić information content (AvgIpc) is 2.91. The Morgan fingerprint density at radius 2 is 1.71 bits per heavy atom. The third-order valence-electron chi connectivity index (χ3n) is 7.88. The number of primary amides is 1. The third-order valence-corrected chi connectivity index (χ3v) is 8.62. The minimum atomic E-state index is -0.815. The largest absolute Gasteiger partial charge is 0.497 e. The number of piperidine rings is 2. The summed E-state index contributed by atoms with van der Waals surface area (Å²) in [4.78, 5) is 28.6. The number of benzene rings is 2. The zero-order chi connectivity index (χ0) is 27.3. The van der Waals surface area contributed by atoms with Gasteiger partial charge in [-0.25, -0.2) is 0 Å². The number of ether oxygens (including phenoxy) is 2. The van der Waals surface area contributed by atoms with Gasteiger partial charge in [0.1, 0.15) is 11.3 Å². The van der Waals surface area contributed by atoms with Crippen LogP contribution in [0.1, 0.15) is 38.2 Å². The third kappa shape index (κ3) is 6.37. The standard InChI is InChI=1S/C28H36Cl2N4O4/c1-20(35)34-14-10-28(11-15-34,21-6-7-24(29)25(30)18-21)38-17-16-33-12-8-27(9-13-33,26(31)36)32-22-4-3-5-23(19-22)37-2/h3-7,18-19,32H,8-17H2,1-2H3,(H2,31,36). The number of hydrogen-bond donors (Lipinski definition) is 2. The second kappa shape index (κ2) is 12.1. The van der Waals surface area contributed by atoms with Crippen LogP contribution in [0.15, 0.2) is 42.5 Å². The predicted molar refractivity (Wildman–Crippen MR) is 150 cm³/mol. The van der Waals surface area contributed by atoms with E-state index in [-0.39, 0.29) is 11.8 Å². The molecule has 8 nitrogen and oxygen atoms in total. The molecule has 2 amide bonds. The lowest BCUT2D eigenvalue weighted by atomic mass is 9.84. The molecule has 2 saturated heterocycles. The van der Waals surface area contributed by atoms with Crippen LogP contribution in [-0.2, 0) is 19.9 Å². The van der Waals surface area contributed by atoms with E-state index in [4.69, 9.17) is 38.4 Å². The van der Waals surface area contributed by atoms with Gasteiger partial charge in [0.25, 0.3) is 0 Å². The number of carbonyl (C=O) groups is 2. The summed E-state index contributed by atoms with van der Waals surface area (Å²) in [6.07, 6.45) is 2.54. The predicted octanol–water partition coefficient (Wildman–Crippen LogP) is 4.29. The van der Waals surface area contributed by atoms with Crippen molar-refractivity contribution in [2.24, 2.45) is 5.73 Å². The molecule has 0 atom stereocenters. The van der Waals surface area contributed by atoms with Crippen LogP contribution in [0.4, 0.5) is 5.69 Å². The zero-order valence-corrected chi connectivity index (χ0v) is 23.5. The quantitative estimate of drug-likeness (QED) is 0.473. The molecule has 0 bridgehead atoms. The number of methoxy groups -OCH3 is 1. The van der Waals surface area contributed by atoms with E-state index in [1.165, 1.54) is 0 Å². The molecule has 206 valence electrons. The summed E-state index contributed by atoms with van der Waals surface area (Å²) in [5, 5.41) is 4.37. The molecule has 2 heterocycles. The summed E-state index contributed by atoms with van der Waals surface area (Å²) in [5.41, 5.74) is 6.30. The van der Waals surface area contributed by atoms with Crippen molar-refractivity contribution in [1.29, 1.82) is 0 Å². The van der Waals surface area contributed by atoms with Gasteiger partial charge >= 0.3 is 0 Å². The maximum absolute atomic E-state index is 12.5. The normalized spacial score (nSPS) is 19.1. The molecule has 0 aromatic heterocycles. The van der Waals surface area contributed by atoms with Gasteiger partial charge in [-0.15, -0.1) is 0 Å². The molecular weight excluding hydrogens is 527 g/mol. The summed E-state index contributed by atoms with van der Waals surface area (Å²) in [7, 11) is 1.61. The van der Waals surface area contributed by atoms with Gasteiger partial charge in [0.2, 0.25) is 11.8 Å². The van der Waals surface area contributed by atoms with Crippen LogP contribution in [0.25, 0.3) is 0 Å². The molecule has 2 aliphatic heterocycles. The number of likely N-dealkylation sites (tertiary alicyclic amines) is 2. The van der Waals surface area contributed by atoms with E-state index in [0.29, 0.717) is 80.8 Å². The van der Waals surface area contributed by atoms with Crippen LogP contribution in [0.3, 0.4) is 0 Å². The van der Waals surface area contributed by atoms with Crippen molar-refractivity contribution in [1.82, 2.24) is 9.80 Å². The van der Waals surface area contributed by atoms with Crippen LogP contribution < -0.4 is 15.8 Å². The molecule has 0 unspecified atom stereocenters. The van der Waals surface area contributed by atoms with E-state index in [1.54, 1.807) is 20.1 Å². The fraction of sp³-hybridized carbons (Fsp3) is 0.500. The van der Waals surface area contributed by atoms with Crippen LogP contribution >= 0.6 is 23.2 Å². The molecule has 2 aromatic rings. The maximum Gasteiger partial charge on any atom is 0.243 e. The molecule has 0 aliphatic carbocycles. The number of nitrogens with two attached hydrogens (primary N) is 1. The first-order chi connectivity index (χ1) is 18.2. The van der Waals surface area contributed by atoms with Gasteiger partial charge in [0, 0.05) is 51.4 Å². The minimum absolute atomic E-state index is 0.0709. The van der Waals surface area contributed by atoms with Crippen molar-refractivity contribution < 1.29 is 19.1 Å². The van der Waals surface area contributed by atoms with Gasteiger partial charge in [-0.3, -0.25) is 9.59 Å². The lowest BCUT2D eigenvalue weighted by Crippen LogP contribution is -2.57. The molecular formula is C28H36Cl2N4O4. The Balaban J connectivity index is 1.38. The number of nitrogens with zero attached hydrogens (tertiary/aromatic N) is 2. The van der Waals surface area contributed by atoms with E-state index in [2.05, 4.69) is 10.2 Å². The van der Waals surface area contributed by atoms with Crippen molar-refractivity contribution in [2.75, 3.05) is 51.8 Å². The Labute approximate surface area is 234 Å². The number of anilines is 1. The molecule has 38 heavy (non-hydrogen) atoms. The molecule has 0 radical (unpaired) electrons. The summed E-state index contributed by atoms with van der Waals surface area (Å²) < 4.78 is 11.9. The van der Waals surface area contributed by atoms with Gasteiger partial charge in [-0.1, -0.05) is 35.3 Å². The first-order valence-electron chi connectivity index (χ1n) is 13.0. The molecule has 2 fully saturated rings. The smallest absolute Gasteiger partial charge is 0.243 e. The number of rotatable bonds is 9. The van der Waals surface area contributed by atoms with Crippen molar-refractivity contribution in [3.8, 4) is 5.75 Å². The highest BCUT2D eigenvalue weighted by Gasteiger charge is 2.41. The van der Waals surface area contributed by atoms with Gasteiger partial charge < -0.3 is 30.3 Å². The van der Waals surface area contributed by atoms with Crippen molar-refractivity contribution in [2.45, 2.75) is 43.7 Å². The lowest BCUT2D eigenvalue weighted by molar-refractivity contribution is -0.137. The Bertz CT molecular complexity index is 1150.